The number of anilines is 1. The fourth-order valence-electron chi connectivity index (χ4n) is 3.07. The number of hydrogen-bond donors (Lipinski definition) is 2. The average molecular weight is 310 g/mol. The SMILES string of the molecule is CNS(=O)(=O)c1cccc(NC2CCCC(C(C)C)C2)c1. The first-order valence-electron chi connectivity index (χ1n) is 7.72. The summed E-state index contributed by atoms with van der Waals surface area (Å²) in [6, 6.07) is 7.50. The van der Waals surface area contributed by atoms with Crippen LogP contribution in [-0.2, 0) is 10.0 Å². The summed E-state index contributed by atoms with van der Waals surface area (Å²) < 4.78 is 26.1. The maximum Gasteiger partial charge on any atom is 0.240 e. The Balaban J connectivity index is 2.08. The summed E-state index contributed by atoms with van der Waals surface area (Å²) in [7, 11) is -1.94. The van der Waals surface area contributed by atoms with E-state index in [1.807, 2.05) is 6.07 Å². The van der Waals surface area contributed by atoms with E-state index in [2.05, 4.69) is 23.9 Å². The predicted octanol–water partition coefficient (Wildman–Crippen LogP) is 3.22. The second-order valence-corrected chi connectivity index (χ2v) is 8.13. The van der Waals surface area contributed by atoms with E-state index >= 15 is 0 Å². The second kappa shape index (κ2) is 6.79. The van der Waals surface area contributed by atoms with Gasteiger partial charge in [0, 0.05) is 11.7 Å². The molecule has 0 saturated heterocycles. The third-order valence-corrected chi connectivity index (χ3v) is 5.85. The van der Waals surface area contributed by atoms with Crippen LogP contribution in [0.25, 0.3) is 0 Å². The third-order valence-electron chi connectivity index (χ3n) is 4.44. The van der Waals surface area contributed by atoms with Gasteiger partial charge < -0.3 is 5.32 Å². The number of hydrogen-bond acceptors (Lipinski definition) is 3. The lowest BCUT2D eigenvalue weighted by Gasteiger charge is -2.32. The van der Waals surface area contributed by atoms with Gasteiger partial charge in [-0.25, -0.2) is 13.1 Å². The van der Waals surface area contributed by atoms with E-state index in [9.17, 15) is 8.42 Å². The van der Waals surface area contributed by atoms with Gasteiger partial charge in [0.15, 0.2) is 0 Å². The monoisotopic (exact) mass is 310 g/mol. The Morgan fingerprint density at radius 2 is 2.00 bits per heavy atom. The Morgan fingerprint density at radius 3 is 2.67 bits per heavy atom. The van der Waals surface area contributed by atoms with Gasteiger partial charge in [-0.1, -0.05) is 32.8 Å². The quantitative estimate of drug-likeness (QED) is 0.878. The van der Waals surface area contributed by atoms with Crippen molar-refractivity contribution in [3.8, 4) is 0 Å². The molecule has 0 heterocycles. The van der Waals surface area contributed by atoms with Crippen molar-refractivity contribution in [1.82, 2.24) is 4.72 Å². The van der Waals surface area contributed by atoms with Crippen molar-refractivity contribution >= 4 is 15.7 Å². The van der Waals surface area contributed by atoms with Crippen molar-refractivity contribution in [2.24, 2.45) is 11.8 Å². The van der Waals surface area contributed by atoms with Crippen molar-refractivity contribution in [2.45, 2.75) is 50.5 Å². The van der Waals surface area contributed by atoms with Gasteiger partial charge in [0.05, 0.1) is 4.90 Å². The highest BCUT2D eigenvalue weighted by molar-refractivity contribution is 7.89. The minimum Gasteiger partial charge on any atom is -0.382 e. The summed E-state index contributed by atoms with van der Waals surface area (Å²) >= 11 is 0. The molecule has 0 aromatic heterocycles. The van der Waals surface area contributed by atoms with Crippen molar-refractivity contribution in [3.05, 3.63) is 24.3 Å². The van der Waals surface area contributed by atoms with E-state index in [1.54, 1.807) is 18.2 Å². The molecule has 4 nitrogen and oxygen atoms in total. The van der Waals surface area contributed by atoms with Crippen LogP contribution in [0.15, 0.2) is 29.2 Å². The number of rotatable bonds is 5. The summed E-state index contributed by atoms with van der Waals surface area (Å²) in [5.41, 5.74) is 0.890. The van der Waals surface area contributed by atoms with Crippen LogP contribution in [0.5, 0.6) is 0 Å². The standard InChI is InChI=1S/C16H26N2O2S/c1-12(2)13-6-4-7-14(10-13)18-15-8-5-9-16(11-15)21(19,20)17-3/h5,8-9,11-14,17-18H,4,6-7,10H2,1-3H3. The largest absolute Gasteiger partial charge is 0.382 e. The minimum atomic E-state index is -3.38. The van der Waals surface area contributed by atoms with Crippen molar-refractivity contribution < 1.29 is 8.42 Å². The highest BCUT2D eigenvalue weighted by atomic mass is 32.2. The Morgan fingerprint density at radius 1 is 1.24 bits per heavy atom. The van der Waals surface area contributed by atoms with Crippen LogP contribution < -0.4 is 10.0 Å². The summed E-state index contributed by atoms with van der Waals surface area (Å²) in [6.07, 6.45) is 4.88. The van der Waals surface area contributed by atoms with Crippen molar-refractivity contribution in [3.63, 3.8) is 0 Å². The van der Waals surface area contributed by atoms with Crippen molar-refractivity contribution in [2.75, 3.05) is 12.4 Å². The van der Waals surface area contributed by atoms with Crippen LogP contribution in [0.1, 0.15) is 39.5 Å². The van der Waals surface area contributed by atoms with Crippen LogP contribution >= 0.6 is 0 Å². The predicted molar refractivity (Wildman–Crippen MR) is 86.9 cm³/mol. The normalized spacial score (nSPS) is 23.2. The zero-order valence-electron chi connectivity index (χ0n) is 13.1. The first kappa shape index (κ1) is 16.3. The van der Waals surface area contributed by atoms with E-state index in [4.69, 9.17) is 0 Å². The van der Waals surface area contributed by atoms with Gasteiger partial charge >= 0.3 is 0 Å². The molecule has 118 valence electrons. The molecule has 1 aliphatic rings. The Hall–Kier alpha value is -1.07. The lowest BCUT2D eigenvalue weighted by Crippen LogP contribution is -2.29. The molecule has 2 atom stereocenters. The molecule has 0 spiro atoms. The summed E-state index contributed by atoms with van der Waals surface area (Å²) in [5.74, 6) is 1.48. The van der Waals surface area contributed by atoms with Crippen LogP contribution in [0, 0.1) is 11.8 Å². The van der Waals surface area contributed by atoms with Crippen LogP contribution in [0.4, 0.5) is 5.69 Å². The second-order valence-electron chi connectivity index (χ2n) is 6.25. The minimum absolute atomic E-state index is 0.311. The van der Waals surface area contributed by atoms with E-state index < -0.39 is 10.0 Å². The van der Waals surface area contributed by atoms with Gasteiger partial charge in [-0.15, -0.1) is 0 Å². The molecule has 1 aromatic rings. The Kier molecular flexibility index (Phi) is 5.27. The average Bonchev–Trinajstić information content (AvgIpc) is 2.48. The van der Waals surface area contributed by atoms with Gasteiger partial charge in [0.2, 0.25) is 10.0 Å². The van der Waals surface area contributed by atoms with E-state index in [-0.39, 0.29) is 0 Å². The molecule has 1 aromatic carbocycles. The first-order valence-corrected chi connectivity index (χ1v) is 9.21. The maximum absolute atomic E-state index is 11.8. The molecule has 1 aliphatic carbocycles. The fraction of sp³-hybridized carbons (Fsp3) is 0.625. The Bertz CT molecular complexity index is 569. The van der Waals surface area contributed by atoms with E-state index in [0.717, 1.165) is 18.0 Å². The molecule has 0 bridgehead atoms. The molecule has 1 fully saturated rings. The Labute approximate surface area is 128 Å². The maximum atomic E-state index is 11.8. The molecule has 2 N–H and O–H groups in total. The van der Waals surface area contributed by atoms with Crippen LogP contribution in [0.2, 0.25) is 0 Å². The van der Waals surface area contributed by atoms with Crippen molar-refractivity contribution in [1.29, 1.82) is 0 Å². The molecule has 0 amide bonds. The zero-order chi connectivity index (χ0) is 15.5. The highest BCUT2D eigenvalue weighted by Crippen LogP contribution is 2.31. The molecule has 0 radical (unpaired) electrons. The summed E-state index contributed by atoms with van der Waals surface area (Å²) in [4.78, 5) is 0.311. The van der Waals surface area contributed by atoms with Gasteiger partial charge in [-0.3, -0.25) is 0 Å². The zero-order valence-corrected chi connectivity index (χ0v) is 13.9. The molecule has 5 heteroatoms. The van der Waals surface area contributed by atoms with Crippen LogP contribution in [-0.4, -0.2) is 21.5 Å². The fourth-order valence-corrected chi connectivity index (χ4v) is 3.85. The van der Waals surface area contributed by atoms with Gasteiger partial charge in [-0.2, -0.15) is 0 Å². The molecule has 21 heavy (non-hydrogen) atoms. The molecule has 1 saturated carbocycles. The van der Waals surface area contributed by atoms with E-state index in [1.165, 1.54) is 26.3 Å². The number of sulfonamides is 1. The first-order chi connectivity index (χ1) is 9.92. The molecule has 2 rings (SSSR count). The molecule has 0 aliphatic heterocycles. The van der Waals surface area contributed by atoms with Gasteiger partial charge in [-0.05, 0) is 49.9 Å². The van der Waals surface area contributed by atoms with Gasteiger partial charge in [0.1, 0.15) is 0 Å². The lowest BCUT2D eigenvalue weighted by atomic mass is 9.79. The number of benzene rings is 1. The smallest absolute Gasteiger partial charge is 0.240 e. The topological polar surface area (TPSA) is 58.2 Å². The molecular formula is C16H26N2O2S. The van der Waals surface area contributed by atoms with E-state index in [0.29, 0.717) is 16.9 Å². The van der Waals surface area contributed by atoms with Gasteiger partial charge in [0.25, 0.3) is 0 Å². The van der Waals surface area contributed by atoms with Crippen LogP contribution in [0.3, 0.4) is 0 Å². The number of nitrogens with one attached hydrogen (secondary N) is 2. The lowest BCUT2D eigenvalue weighted by molar-refractivity contribution is 0.264. The third kappa shape index (κ3) is 4.20. The highest BCUT2D eigenvalue weighted by Gasteiger charge is 2.24. The molecule has 2 unspecified atom stereocenters. The summed E-state index contributed by atoms with van der Waals surface area (Å²) in [6.45, 7) is 4.57. The molecular weight excluding hydrogens is 284 g/mol. The summed E-state index contributed by atoms with van der Waals surface area (Å²) in [5, 5.41) is 3.51.